The average Bonchev–Trinajstić information content (AvgIpc) is 2.28. The second-order valence-electron chi connectivity index (χ2n) is 4.55. The van der Waals surface area contributed by atoms with Gasteiger partial charge in [-0.3, -0.25) is 0 Å². The molecule has 0 aliphatic carbocycles. The van der Waals surface area contributed by atoms with Gasteiger partial charge in [-0.15, -0.1) is 11.3 Å². The van der Waals surface area contributed by atoms with E-state index in [0.29, 0.717) is 5.02 Å². The highest BCUT2D eigenvalue weighted by Gasteiger charge is 2.20. The van der Waals surface area contributed by atoms with Gasteiger partial charge in [-0.2, -0.15) is 0 Å². The summed E-state index contributed by atoms with van der Waals surface area (Å²) in [5, 5.41) is 10.6. The molecule has 0 saturated carbocycles. The molecule has 1 N–H and O–H groups in total. The number of rotatable bonds is 2. The van der Waals surface area contributed by atoms with Gasteiger partial charge in [0.15, 0.2) is 0 Å². The van der Waals surface area contributed by atoms with Crippen LogP contribution in [0.15, 0.2) is 9.85 Å². The number of hydrogen-bond acceptors (Lipinski definition) is 2. The van der Waals surface area contributed by atoms with E-state index < -0.39 is 6.10 Å². The van der Waals surface area contributed by atoms with Crippen LogP contribution in [0.2, 0.25) is 5.02 Å². The topological polar surface area (TPSA) is 20.2 Å². The van der Waals surface area contributed by atoms with Crippen LogP contribution in [0.3, 0.4) is 0 Å². The van der Waals surface area contributed by atoms with E-state index in [0.717, 1.165) is 15.1 Å². The van der Waals surface area contributed by atoms with Crippen molar-refractivity contribution in [2.75, 3.05) is 0 Å². The Morgan fingerprint density at radius 1 is 1.57 bits per heavy atom. The van der Waals surface area contributed by atoms with E-state index in [1.807, 2.05) is 6.07 Å². The number of thiophene rings is 1. The molecule has 0 aromatic carbocycles. The van der Waals surface area contributed by atoms with Gasteiger partial charge < -0.3 is 5.11 Å². The third-order valence-corrected chi connectivity index (χ3v) is 4.37. The lowest BCUT2D eigenvalue weighted by molar-refractivity contribution is 0.125. The van der Waals surface area contributed by atoms with Crippen LogP contribution in [0.1, 0.15) is 38.2 Å². The predicted octanol–water partition coefficient (Wildman–Crippen LogP) is 4.63. The number of hydrogen-bond donors (Lipinski definition) is 1. The van der Waals surface area contributed by atoms with Gasteiger partial charge in [0.25, 0.3) is 0 Å². The molecule has 80 valence electrons. The van der Waals surface area contributed by atoms with Gasteiger partial charge in [0.05, 0.1) is 14.9 Å². The summed E-state index contributed by atoms with van der Waals surface area (Å²) in [5.74, 6) is 0. The summed E-state index contributed by atoms with van der Waals surface area (Å²) in [6, 6.07) is 1.83. The summed E-state index contributed by atoms with van der Waals surface area (Å²) in [6.07, 6.45) is 0.333. The van der Waals surface area contributed by atoms with Gasteiger partial charge in [-0.1, -0.05) is 32.4 Å². The molecule has 1 unspecified atom stereocenters. The van der Waals surface area contributed by atoms with Crippen LogP contribution in [-0.2, 0) is 0 Å². The zero-order valence-corrected chi connectivity index (χ0v) is 11.6. The molecule has 1 rings (SSSR count). The first-order chi connectivity index (χ1) is 6.29. The Kier molecular flexibility index (Phi) is 4.03. The van der Waals surface area contributed by atoms with Crippen LogP contribution in [-0.4, -0.2) is 5.11 Å². The van der Waals surface area contributed by atoms with Crippen molar-refractivity contribution in [3.05, 3.63) is 19.8 Å². The first-order valence-electron chi connectivity index (χ1n) is 4.42. The Hall–Kier alpha value is 0.430. The molecule has 0 amide bonds. The van der Waals surface area contributed by atoms with Crippen molar-refractivity contribution in [3.8, 4) is 0 Å². The van der Waals surface area contributed by atoms with Crippen molar-refractivity contribution in [2.45, 2.75) is 33.3 Å². The van der Waals surface area contributed by atoms with Gasteiger partial charge in [0, 0.05) is 4.88 Å². The quantitative estimate of drug-likeness (QED) is 0.843. The second-order valence-corrected chi connectivity index (χ2v) is 7.36. The Balaban J connectivity index is 2.75. The SMILES string of the molecule is CC(C)(C)CC(O)c1cc(Cl)c(Br)s1. The highest BCUT2D eigenvalue weighted by atomic mass is 79.9. The minimum Gasteiger partial charge on any atom is -0.388 e. The lowest BCUT2D eigenvalue weighted by Gasteiger charge is -2.21. The van der Waals surface area contributed by atoms with Crippen LogP contribution < -0.4 is 0 Å². The number of halogens is 2. The largest absolute Gasteiger partial charge is 0.388 e. The number of aliphatic hydroxyl groups excluding tert-OH is 1. The molecule has 14 heavy (non-hydrogen) atoms. The molecule has 1 aromatic heterocycles. The first kappa shape index (κ1) is 12.5. The average molecular weight is 298 g/mol. The van der Waals surface area contributed by atoms with Crippen LogP contribution in [0.25, 0.3) is 0 Å². The van der Waals surface area contributed by atoms with Crippen molar-refractivity contribution in [1.29, 1.82) is 0 Å². The van der Waals surface area contributed by atoms with Gasteiger partial charge in [-0.05, 0) is 33.8 Å². The van der Waals surface area contributed by atoms with Gasteiger partial charge in [-0.25, -0.2) is 0 Å². The highest BCUT2D eigenvalue weighted by Crippen LogP contribution is 2.38. The summed E-state index contributed by atoms with van der Waals surface area (Å²) >= 11 is 10.7. The maximum Gasteiger partial charge on any atom is 0.0888 e. The summed E-state index contributed by atoms with van der Waals surface area (Å²) in [7, 11) is 0. The summed E-state index contributed by atoms with van der Waals surface area (Å²) < 4.78 is 0.891. The lowest BCUT2D eigenvalue weighted by Crippen LogP contribution is -2.10. The van der Waals surface area contributed by atoms with Crippen LogP contribution >= 0.6 is 38.9 Å². The smallest absolute Gasteiger partial charge is 0.0888 e. The van der Waals surface area contributed by atoms with E-state index in [4.69, 9.17) is 11.6 Å². The molecule has 1 atom stereocenters. The maximum absolute atomic E-state index is 9.92. The molecular weight excluding hydrogens is 284 g/mol. The minimum atomic E-state index is -0.413. The van der Waals surface area contributed by atoms with Gasteiger partial charge >= 0.3 is 0 Å². The molecular formula is C10H14BrClOS. The molecule has 0 spiro atoms. The van der Waals surface area contributed by atoms with Crippen LogP contribution in [0.5, 0.6) is 0 Å². The molecule has 1 nitrogen and oxygen atoms in total. The predicted molar refractivity (Wildman–Crippen MR) is 66.1 cm³/mol. The molecule has 1 heterocycles. The third-order valence-electron chi connectivity index (χ3n) is 1.80. The molecule has 0 radical (unpaired) electrons. The monoisotopic (exact) mass is 296 g/mol. The van der Waals surface area contributed by atoms with Crippen LogP contribution in [0, 0.1) is 5.41 Å². The molecule has 0 fully saturated rings. The van der Waals surface area contributed by atoms with Crippen molar-refractivity contribution >= 4 is 38.9 Å². The van der Waals surface area contributed by atoms with E-state index in [1.165, 1.54) is 11.3 Å². The fourth-order valence-corrected chi connectivity index (χ4v) is 2.94. The van der Waals surface area contributed by atoms with Crippen molar-refractivity contribution in [1.82, 2.24) is 0 Å². The zero-order chi connectivity index (χ0) is 10.9. The Morgan fingerprint density at radius 3 is 2.50 bits per heavy atom. The zero-order valence-electron chi connectivity index (χ0n) is 8.47. The summed E-state index contributed by atoms with van der Waals surface area (Å²) in [5.41, 5.74) is 0.127. The van der Waals surface area contributed by atoms with E-state index in [9.17, 15) is 5.11 Å². The van der Waals surface area contributed by atoms with Gasteiger partial charge in [0.2, 0.25) is 0 Å². The fourth-order valence-electron chi connectivity index (χ4n) is 1.21. The Bertz CT molecular complexity index is 297. The van der Waals surface area contributed by atoms with E-state index in [-0.39, 0.29) is 5.41 Å². The van der Waals surface area contributed by atoms with Crippen molar-refractivity contribution in [3.63, 3.8) is 0 Å². The lowest BCUT2D eigenvalue weighted by atomic mass is 9.89. The molecule has 0 aliphatic rings. The highest BCUT2D eigenvalue weighted by molar-refractivity contribution is 9.11. The number of aliphatic hydroxyl groups is 1. The van der Waals surface area contributed by atoms with Crippen molar-refractivity contribution in [2.24, 2.45) is 5.41 Å². The van der Waals surface area contributed by atoms with E-state index in [1.54, 1.807) is 0 Å². The summed E-state index contributed by atoms with van der Waals surface area (Å²) in [6.45, 7) is 6.33. The molecule has 1 aromatic rings. The fraction of sp³-hybridized carbons (Fsp3) is 0.600. The minimum absolute atomic E-state index is 0.127. The third kappa shape index (κ3) is 3.54. The molecule has 0 bridgehead atoms. The van der Waals surface area contributed by atoms with Crippen molar-refractivity contribution < 1.29 is 5.11 Å². The first-order valence-corrected chi connectivity index (χ1v) is 6.41. The normalized spacial score (nSPS) is 14.4. The molecule has 0 saturated heterocycles. The maximum atomic E-state index is 9.92. The molecule has 0 aliphatic heterocycles. The Labute approximate surface area is 102 Å². The summed E-state index contributed by atoms with van der Waals surface area (Å²) in [4.78, 5) is 0.928. The van der Waals surface area contributed by atoms with Crippen LogP contribution in [0.4, 0.5) is 0 Å². The van der Waals surface area contributed by atoms with Gasteiger partial charge in [0.1, 0.15) is 0 Å². The van der Waals surface area contributed by atoms with E-state index >= 15 is 0 Å². The Morgan fingerprint density at radius 2 is 2.14 bits per heavy atom. The standard InChI is InChI=1S/C10H14BrClOS/c1-10(2,3)5-7(13)8-4-6(12)9(11)14-8/h4,7,13H,5H2,1-3H3. The molecule has 4 heteroatoms. The second kappa shape index (κ2) is 4.52. The van der Waals surface area contributed by atoms with E-state index in [2.05, 4.69) is 36.7 Å².